The quantitative estimate of drug-likeness (QED) is 0.594. The number of aryl methyl sites for hydroxylation is 1. The highest BCUT2D eigenvalue weighted by atomic mass is 32.2. The van der Waals surface area contributed by atoms with Gasteiger partial charge in [0.2, 0.25) is 15.8 Å². The molecule has 1 aliphatic heterocycles. The van der Waals surface area contributed by atoms with E-state index < -0.39 is 15.9 Å². The van der Waals surface area contributed by atoms with Gasteiger partial charge in [0.1, 0.15) is 17.7 Å². The van der Waals surface area contributed by atoms with Crippen molar-refractivity contribution in [3.63, 3.8) is 0 Å². The average Bonchev–Trinajstić information content (AvgIpc) is 3.20. The molecule has 1 aromatic heterocycles. The molecule has 2 heterocycles. The van der Waals surface area contributed by atoms with Crippen molar-refractivity contribution in [1.29, 1.82) is 5.26 Å². The number of halogens is 1. The summed E-state index contributed by atoms with van der Waals surface area (Å²) in [6, 6.07) is 13.6. The summed E-state index contributed by atoms with van der Waals surface area (Å²) in [4.78, 5) is 18.6. The van der Waals surface area contributed by atoms with Crippen LogP contribution in [-0.2, 0) is 10.0 Å². The lowest BCUT2D eigenvalue weighted by Crippen LogP contribution is -2.50. The van der Waals surface area contributed by atoms with Crippen LogP contribution in [0.25, 0.3) is 5.69 Å². The zero-order valence-electron chi connectivity index (χ0n) is 17.1. The molecule has 0 spiro atoms. The van der Waals surface area contributed by atoms with Crippen LogP contribution in [0.3, 0.4) is 0 Å². The number of hydrogen-bond acceptors (Lipinski definition) is 6. The van der Waals surface area contributed by atoms with Crippen LogP contribution in [0.1, 0.15) is 22.0 Å². The molecule has 4 rings (SSSR count). The molecule has 0 atom stereocenters. The molecule has 1 aliphatic rings. The second-order valence-corrected chi connectivity index (χ2v) is 9.08. The van der Waals surface area contributed by atoms with E-state index in [4.69, 9.17) is 0 Å². The Kier molecular flexibility index (Phi) is 5.73. The fraction of sp³-hybridized carbons (Fsp3) is 0.238. The van der Waals surface area contributed by atoms with Gasteiger partial charge in [-0.2, -0.15) is 9.57 Å². The number of amides is 1. The van der Waals surface area contributed by atoms with E-state index in [1.165, 1.54) is 50.3 Å². The number of piperazine rings is 1. The minimum Gasteiger partial charge on any atom is -0.333 e. The Hall–Kier alpha value is -3.62. The Labute approximate surface area is 184 Å². The van der Waals surface area contributed by atoms with Crippen molar-refractivity contribution < 1.29 is 17.6 Å². The summed E-state index contributed by atoms with van der Waals surface area (Å²) in [6.45, 7) is 2.19. The second-order valence-electron chi connectivity index (χ2n) is 7.18. The molecule has 0 bridgehead atoms. The number of aromatic nitrogens is 3. The van der Waals surface area contributed by atoms with Crippen LogP contribution in [-0.4, -0.2) is 64.5 Å². The SMILES string of the molecule is Cc1nc(C(=O)N2CCN(S(=O)(=O)c3ccccc3C#N)CC2)nn1-c1ccc(F)cc1. The normalized spacial score (nSPS) is 14.8. The van der Waals surface area contributed by atoms with Crippen LogP contribution in [0, 0.1) is 24.1 Å². The first-order valence-electron chi connectivity index (χ1n) is 9.79. The summed E-state index contributed by atoms with van der Waals surface area (Å²) < 4.78 is 41.8. The Morgan fingerprint density at radius 2 is 1.72 bits per heavy atom. The highest BCUT2D eigenvalue weighted by Gasteiger charge is 2.33. The number of nitrogens with zero attached hydrogens (tertiary/aromatic N) is 6. The zero-order chi connectivity index (χ0) is 22.9. The van der Waals surface area contributed by atoms with E-state index in [1.54, 1.807) is 19.1 Å². The molecule has 0 aliphatic carbocycles. The Balaban J connectivity index is 1.48. The van der Waals surface area contributed by atoms with Gasteiger partial charge in [0.25, 0.3) is 5.91 Å². The molecular formula is C21H19FN6O3S. The van der Waals surface area contributed by atoms with Gasteiger partial charge in [-0.1, -0.05) is 12.1 Å². The number of rotatable bonds is 4. The van der Waals surface area contributed by atoms with Crippen molar-refractivity contribution >= 4 is 15.9 Å². The Bertz CT molecular complexity index is 1310. The lowest BCUT2D eigenvalue weighted by Gasteiger charge is -2.33. The van der Waals surface area contributed by atoms with Gasteiger partial charge in [-0.3, -0.25) is 4.79 Å². The lowest BCUT2D eigenvalue weighted by molar-refractivity contribution is 0.0685. The number of benzene rings is 2. The van der Waals surface area contributed by atoms with Gasteiger partial charge in [-0.05, 0) is 43.3 Å². The first-order valence-corrected chi connectivity index (χ1v) is 11.2. The van der Waals surface area contributed by atoms with Crippen molar-refractivity contribution in [1.82, 2.24) is 24.0 Å². The van der Waals surface area contributed by atoms with Crippen LogP contribution < -0.4 is 0 Å². The summed E-state index contributed by atoms with van der Waals surface area (Å²) in [5.74, 6) is -0.344. The van der Waals surface area contributed by atoms with Crippen molar-refractivity contribution in [2.75, 3.05) is 26.2 Å². The highest BCUT2D eigenvalue weighted by molar-refractivity contribution is 7.89. The van der Waals surface area contributed by atoms with Crippen LogP contribution in [0.15, 0.2) is 53.4 Å². The first kappa shape index (κ1) is 21.6. The standard InChI is InChI=1S/C21H19FN6O3S/c1-15-24-20(25-28(15)18-8-6-17(22)7-9-18)21(29)26-10-12-27(13-11-26)32(30,31)19-5-3-2-4-16(19)14-23/h2-9H,10-13H2,1H3. The van der Waals surface area contributed by atoms with E-state index in [-0.39, 0.29) is 48.3 Å². The molecule has 1 saturated heterocycles. The van der Waals surface area contributed by atoms with Gasteiger partial charge < -0.3 is 4.90 Å². The maximum atomic E-state index is 13.2. The van der Waals surface area contributed by atoms with E-state index in [0.717, 1.165) is 0 Å². The Morgan fingerprint density at radius 1 is 1.06 bits per heavy atom. The fourth-order valence-corrected chi connectivity index (χ4v) is 5.07. The van der Waals surface area contributed by atoms with Crippen molar-refractivity contribution in [3.05, 3.63) is 71.6 Å². The topological polar surface area (TPSA) is 112 Å². The molecule has 3 aromatic rings. The number of hydrogen-bond donors (Lipinski definition) is 0. The molecule has 1 amide bonds. The Morgan fingerprint density at radius 3 is 2.38 bits per heavy atom. The number of nitriles is 1. The molecule has 1 fully saturated rings. The molecule has 0 radical (unpaired) electrons. The van der Waals surface area contributed by atoms with Crippen LogP contribution in [0.5, 0.6) is 0 Å². The number of carbonyl (C=O) groups excluding carboxylic acids is 1. The minimum atomic E-state index is -3.85. The second kappa shape index (κ2) is 8.49. The van der Waals surface area contributed by atoms with E-state index in [0.29, 0.717) is 11.5 Å². The van der Waals surface area contributed by atoms with Gasteiger partial charge in [-0.15, -0.1) is 5.10 Å². The molecule has 0 unspecified atom stereocenters. The highest BCUT2D eigenvalue weighted by Crippen LogP contribution is 2.21. The third kappa shape index (κ3) is 3.98. The first-order chi connectivity index (χ1) is 15.3. The van der Waals surface area contributed by atoms with E-state index in [2.05, 4.69) is 10.1 Å². The van der Waals surface area contributed by atoms with Gasteiger partial charge in [0.05, 0.1) is 16.1 Å². The van der Waals surface area contributed by atoms with E-state index in [1.807, 2.05) is 6.07 Å². The lowest BCUT2D eigenvalue weighted by atomic mass is 10.2. The number of carbonyl (C=O) groups is 1. The largest absolute Gasteiger partial charge is 0.333 e. The third-order valence-electron chi connectivity index (χ3n) is 5.18. The summed E-state index contributed by atoms with van der Waals surface area (Å²) in [5.41, 5.74) is 0.652. The predicted octanol–water partition coefficient (Wildman–Crippen LogP) is 1.73. The van der Waals surface area contributed by atoms with E-state index in [9.17, 15) is 22.9 Å². The van der Waals surface area contributed by atoms with Gasteiger partial charge in [0.15, 0.2) is 0 Å². The van der Waals surface area contributed by atoms with Crippen LogP contribution in [0.2, 0.25) is 0 Å². The smallest absolute Gasteiger partial charge is 0.293 e. The van der Waals surface area contributed by atoms with Gasteiger partial charge in [0, 0.05) is 26.2 Å². The molecule has 9 nitrogen and oxygen atoms in total. The molecule has 164 valence electrons. The van der Waals surface area contributed by atoms with Crippen LogP contribution >= 0.6 is 0 Å². The average molecular weight is 454 g/mol. The summed E-state index contributed by atoms with van der Waals surface area (Å²) >= 11 is 0. The van der Waals surface area contributed by atoms with Crippen LogP contribution in [0.4, 0.5) is 4.39 Å². The molecule has 0 N–H and O–H groups in total. The van der Waals surface area contributed by atoms with Crippen molar-refractivity contribution in [3.8, 4) is 11.8 Å². The molecule has 0 saturated carbocycles. The van der Waals surface area contributed by atoms with Gasteiger partial charge in [-0.25, -0.2) is 22.5 Å². The van der Waals surface area contributed by atoms with Gasteiger partial charge >= 0.3 is 0 Å². The third-order valence-corrected chi connectivity index (χ3v) is 7.14. The monoisotopic (exact) mass is 454 g/mol. The fourth-order valence-electron chi connectivity index (χ4n) is 3.50. The zero-order valence-corrected chi connectivity index (χ0v) is 18.0. The summed E-state index contributed by atoms with van der Waals surface area (Å²) in [6.07, 6.45) is 0. The van der Waals surface area contributed by atoms with E-state index >= 15 is 0 Å². The number of sulfonamides is 1. The molecule has 11 heteroatoms. The summed E-state index contributed by atoms with van der Waals surface area (Å²) in [5, 5.41) is 13.5. The maximum absolute atomic E-state index is 13.2. The minimum absolute atomic E-state index is 0.0158. The molecule has 2 aromatic carbocycles. The van der Waals surface area contributed by atoms with Crippen molar-refractivity contribution in [2.45, 2.75) is 11.8 Å². The summed E-state index contributed by atoms with van der Waals surface area (Å²) in [7, 11) is -3.85. The molecule has 32 heavy (non-hydrogen) atoms. The van der Waals surface area contributed by atoms with Crippen molar-refractivity contribution in [2.24, 2.45) is 0 Å². The predicted molar refractivity (Wildman–Crippen MR) is 112 cm³/mol. The molecular weight excluding hydrogens is 435 g/mol. The maximum Gasteiger partial charge on any atom is 0.293 e.